The third-order valence-corrected chi connectivity index (χ3v) is 3.32. The number of nitrogens with one attached hydrogen (secondary N) is 1. The molecule has 2 aromatic rings. The second kappa shape index (κ2) is 6.23. The van der Waals surface area contributed by atoms with Crippen molar-refractivity contribution in [3.63, 3.8) is 0 Å². The summed E-state index contributed by atoms with van der Waals surface area (Å²) < 4.78 is 2.13. The standard InChI is InChI=1S/C15H20N4O/c1-3-7-19-10-17-8-12(19)9-18-14-6-4-5-13(11(14)2)15(16)20/h4-6,8,10,18H,3,7,9H2,1-2H3,(H2,16,20). The van der Waals surface area contributed by atoms with Crippen molar-refractivity contribution < 1.29 is 4.79 Å². The number of benzene rings is 1. The number of carbonyl (C=O) groups excluding carboxylic acids is 1. The summed E-state index contributed by atoms with van der Waals surface area (Å²) in [6, 6.07) is 5.52. The van der Waals surface area contributed by atoms with Gasteiger partial charge in [0.15, 0.2) is 0 Å². The first-order chi connectivity index (χ1) is 9.63. The van der Waals surface area contributed by atoms with Gasteiger partial charge in [-0.1, -0.05) is 13.0 Å². The van der Waals surface area contributed by atoms with Gasteiger partial charge in [-0.05, 0) is 31.0 Å². The molecule has 3 N–H and O–H groups in total. The van der Waals surface area contributed by atoms with Gasteiger partial charge in [0, 0.05) is 24.0 Å². The van der Waals surface area contributed by atoms with Crippen LogP contribution in [0.5, 0.6) is 0 Å². The van der Waals surface area contributed by atoms with E-state index in [1.54, 1.807) is 6.07 Å². The number of anilines is 1. The van der Waals surface area contributed by atoms with Crippen LogP contribution in [0.2, 0.25) is 0 Å². The Labute approximate surface area is 118 Å². The normalized spacial score (nSPS) is 10.5. The zero-order valence-corrected chi connectivity index (χ0v) is 11.9. The van der Waals surface area contributed by atoms with Crippen LogP contribution in [0.25, 0.3) is 0 Å². The highest BCUT2D eigenvalue weighted by Crippen LogP contribution is 2.19. The molecular weight excluding hydrogens is 252 g/mol. The van der Waals surface area contributed by atoms with Crippen molar-refractivity contribution >= 4 is 11.6 Å². The van der Waals surface area contributed by atoms with Crippen molar-refractivity contribution in [1.82, 2.24) is 9.55 Å². The second-order valence-corrected chi connectivity index (χ2v) is 4.77. The first-order valence-corrected chi connectivity index (χ1v) is 6.75. The molecule has 106 valence electrons. The molecular formula is C15H20N4O. The number of carbonyl (C=O) groups is 1. The van der Waals surface area contributed by atoms with E-state index in [1.807, 2.05) is 31.6 Å². The maximum atomic E-state index is 11.3. The van der Waals surface area contributed by atoms with Crippen molar-refractivity contribution in [3.05, 3.63) is 47.5 Å². The Kier molecular flexibility index (Phi) is 4.40. The van der Waals surface area contributed by atoms with Crippen LogP contribution in [-0.2, 0) is 13.1 Å². The summed E-state index contributed by atoms with van der Waals surface area (Å²) in [5.41, 5.74) is 8.83. The number of hydrogen-bond acceptors (Lipinski definition) is 3. The summed E-state index contributed by atoms with van der Waals surface area (Å²) in [6.45, 7) is 5.66. The van der Waals surface area contributed by atoms with Crippen LogP contribution in [0.15, 0.2) is 30.7 Å². The number of nitrogens with two attached hydrogens (primary N) is 1. The van der Waals surface area contributed by atoms with Crippen LogP contribution in [0.4, 0.5) is 5.69 Å². The van der Waals surface area contributed by atoms with Gasteiger partial charge >= 0.3 is 0 Å². The van der Waals surface area contributed by atoms with Gasteiger partial charge in [0.05, 0.1) is 18.6 Å². The maximum Gasteiger partial charge on any atom is 0.249 e. The molecule has 0 aliphatic heterocycles. The third kappa shape index (κ3) is 2.99. The summed E-state index contributed by atoms with van der Waals surface area (Å²) in [7, 11) is 0. The Morgan fingerprint density at radius 2 is 2.25 bits per heavy atom. The molecule has 0 unspecified atom stereocenters. The molecule has 0 aliphatic carbocycles. The Morgan fingerprint density at radius 1 is 1.45 bits per heavy atom. The molecule has 2 rings (SSSR count). The van der Waals surface area contributed by atoms with Gasteiger partial charge in [-0.15, -0.1) is 0 Å². The van der Waals surface area contributed by atoms with Gasteiger partial charge in [0.1, 0.15) is 0 Å². The van der Waals surface area contributed by atoms with E-state index in [-0.39, 0.29) is 0 Å². The fourth-order valence-electron chi connectivity index (χ4n) is 2.22. The molecule has 0 aliphatic rings. The summed E-state index contributed by atoms with van der Waals surface area (Å²) in [5.74, 6) is -0.401. The van der Waals surface area contributed by atoms with Crippen molar-refractivity contribution in [1.29, 1.82) is 0 Å². The van der Waals surface area contributed by atoms with Crippen LogP contribution in [0.3, 0.4) is 0 Å². The number of aromatic nitrogens is 2. The predicted molar refractivity (Wildman–Crippen MR) is 79.5 cm³/mol. The molecule has 0 fully saturated rings. The van der Waals surface area contributed by atoms with E-state index in [9.17, 15) is 4.79 Å². The first-order valence-electron chi connectivity index (χ1n) is 6.75. The predicted octanol–water partition coefficient (Wildman–Crippen LogP) is 2.31. The fraction of sp³-hybridized carbons (Fsp3) is 0.333. The summed E-state index contributed by atoms with van der Waals surface area (Å²) in [5, 5.41) is 3.34. The van der Waals surface area contributed by atoms with Crippen molar-refractivity contribution in [2.75, 3.05) is 5.32 Å². The van der Waals surface area contributed by atoms with Crippen molar-refractivity contribution in [2.45, 2.75) is 33.4 Å². The van der Waals surface area contributed by atoms with E-state index in [0.29, 0.717) is 12.1 Å². The monoisotopic (exact) mass is 272 g/mol. The molecule has 0 saturated carbocycles. The number of rotatable bonds is 6. The zero-order chi connectivity index (χ0) is 14.5. The molecule has 1 amide bonds. The SMILES string of the molecule is CCCn1cncc1CNc1cccc(C(N)=O)c1C. The average Bonchev–Trinajstić information content (AvgIpc) is 2.85. The lowest BCUT2D eigenvalue weighted by Crippen LogP contribution is -2.14. The second-order valence-electron chi connectivity index (χ2n) is 4.77. The number of nitrogens with zero attached hydrogens (tertiary/aromatic N) is 2. The van der Waals surface area contributed by atoms with Crippen LogP contribution in [-0.4, -0.2) is 15.5 Å². The highest BCUT2D eigenvalue weighted by molar-refractivity contribution is 5.95. The fourth-order valence-corrected chi connectivity index (χ4v) is 2.22. The largest absolute Gasteiger partial charge is 0.379 e. The first kappa shape index (κ1) is 14.1. The number of primary amides is 1. The number of aryl methyl sites for hydroxylation is 1. The van der Waals surface area contributed by atoms with Gasteiger partial charge < -0.3 is 15.6 Å². The molecule has 0 atom stereocenters. The van der Waals surface area contributed by atoms with Gasteiger partial charge in [0.25, 0.3) is 0 Å². The molecule has 5 nitrogen and oxygen atoms in total. The lowest BCUT2D eigenvalue weighted by atomic mass is 10.1. The summed E-state index contributed by atoms with van der Waals surface area (Å²) >= 11 is 0. The molecule has 0 spiro atoms. The lowest BCUT2D eigenvalue weighted by Gasteiger charge is -2.13. The molecule has 0 saturated heterocycles. The van der Waals surface area contributed by atoms with Crippen LogP contribution in [0.1, 0.15) is 35.0 Å². The molecule has 1 aromatic carbocycles. The summed E-state index contributed by atoms with van der Waals surface area (Å²) in [6.07, 6.45) is 4.77. The minimum atomic E-state index is -0.401. The zero-order valence-electron chi connectivity index (χ0n) is 11.9. The highest BCUT2D eigenvalue weighted by Gasteiger charge is 2.09. The topological polar surface area (TPSA) is 72.9 Å². The quantitative estimate of drug-likeness (QED) is 0.847. The van der Waals surface area contributed by atoms with Gasteiger partial charge in [-0.25, -0.2) is 4.98 Å². The number of hydrogen-bond donors (Lipinski definition) is 2. The molecule has 0 radical (unpaired) electrons. The lowest BCUT2D eigenvalue weighted by molar-refractivity contribution is 0.1000. The van der Waals surface area contributed by atoms with E-state index in [4.69, 9.17) is 5.73 Å². The third-order valence-electron chi connectivity index (χ3n) is 3.32. The van der Waals surface area contributed by atoms with Crippen molar-refractivity contribution in [2.24, 2.45) is 5.73 Å². The Hall–Kier alpha value is -2.30. The highest BCUT2D eigenvalue weighted by atomic mass is 16.1. The molecule has 20 heavy (non-hydrogen) atoms. The van der Waals surface area contributed by atoms with Crippen LogP contribution >= 0.6 is 0 Å². The average molecular weight is 272 g/mol. The smallest absolute Gasteiger partial charge is 0.249 e. The summed E-state index contributed by atoms with van der Waals surface area (Å²) in [4.78, 5) is 15.5. The minimum Gasteiger partial charge on any atom is -0.379 e. The van der Waals surface area contributed by atoms with Gasteiger partial charge in [-0.3, -0.25) is 4.79 Å². The van der Waals surface area contributed by atoms with E-state index >= 15 is 0 Å². The molecule has 0 bridgehead atoms. The molecule has 1 aromatic heterocycles. The van der Waals surface area contributed by atoms with Crippen molar-refractivity contribution in [3.8, 4) is 0 Å². The Bertz CT molecular complexity index is 604. The number of imidazole rings is 1. The van der Waals surface area contributed by atoms with Crippen LogP contribution < -0.4 is 11.1 Å². The van der Waals surface area contributed by atoms with E-state index in [0.717, 1.165) is 29.9 Å². The van der Waals surface area contributed by atoms with E-state index in [2.05, 4.69) is 21.8 Å². The Morgan fingerprint density at radius 3 is 2.95 bits per heavy atom. The van der Waals surface area contributed by atoms with Crippen LogP contribution in [0, 0.1) is 6.92 Å². The molecule has 5 heteroatoms. The minimum absolute atomic E-state index is 0.401. The van der Waals surface area contributed by atoms with Gasteiger partial charge in [0.2, 0.25) is 5.91 Å². The van der Waals surface area contributed by atoms with Gasteiger partial charge in [-0.2, -0.15) is 0 Å². The Balaban J connectivity index is 2.13. The van der Waals surface area contributed by atoms with E-state index < -0.39 is 5.91 Å². The molecule has 1 heterocycles. The number of amides is 1. The van der Waals surface area contributed by atoms with E-state index in [1.165, 1.54) is 0 Å². The maximum absolute atomic E-state index is 11.3.